The average molecular weight is 717 g/mol. The molecule has 0 radical (unpaired) electrons. The minimum atomic E-state index is -0.666. The first-order valence-electron chi connectivity index (χ1n) is 16.1. The van der Waals surface area contributed by atoms with E-state index in [4.69, 9.17) is 23.7 Å². The lowest BCUT2D eigenvalue weighted by molar-refractivity contribution is -0.143. The molecule has 1 aliphatic rings. The van der Waals surface area contributed by atoms with Crippen molar-refractivity contribution in [2.45, 2.75) is 26.6 Å². The molecule has 1 aliphatic heterocycles. The highest BCUT2D eigenvalue weighted by Crippen LogP contribution is 2.11. The van der Waals surface area contributed by atoms with Crippen molar-refractivity contribution in [3.05, 3.63) is 53.9 Å². The summed E-state index contributed by atoms with van der Waals surface area (Å²) < 4.78 is 27.8. The number of rotatable bonds is 22. The lowest BCUT2D eigenvalue weighted by Crippen LogP contribution is -2.36. The number of hydrogen-bond acceptors (Lipinski definition) is 14. The van der Waals surface area contributed by atoms with Crippen LogP contribution in [0.5, 0.6) is 0 Å². The minimum absolute atomic E-state index is 0.0130. The number of nitrogens with one attached hydrogen (secondary N) is 2. The number of ether oxygens (including phenoxy) is 5. The Morgan fingerprint density at radius 3 is 2.14 bits per heavy atom. The average Bonchev–Trinajstić information content (AvgIpc) is 3.71. The molecular weight excluding hydrogens is 672 g/mol. The first-order valence-corrected chi connectivity index (χ1v) is 16.1. The minimum Gasteiger partial charge on any atom is -0.462 e. The number of alkyl carbamates (subject to hydrolysis) is 1. The van der Waals surface area contributed by atoms with Crippen LogP contribution in [0.15, 0.2) is 42.6 Å². The number of anilines is 1. The summed E-state index contributed by atoms with van der Waals surface area (Å²) >= 11 is 0. The molecule has 0 atom stereocenters. The molecule has 19 nitrogen and oxygen atoms in total. The van der Waals surface area contributed by atoms with Gasteiger partial charge in [-0.05, 0) is 17.7 Å². The number of aromatic nitrogens is 3. The van der Waals surface area contributed by atoms with E-state index in [9.17, 15) is 28.8 Å². The Balaban J connectivity index is 1.16. The van der Waals surface area contributed by atoms with Gasteiger partial charge in [0.05, 0.1) is 52.3 Å². The highest BCUT2D eigenvalue weighted by atomic mass is 16.6. The molecule has 0 spiro atoms. The second-order valence-corrected chi connectivity index (χ2v) is 11.0. The van der Waals surface area contributed by atoms with Crippen LogP contribution in [0.2, 0.25) is 0 Å². The summed E-state index contributed by atoms with van der Waals surface area (Å²) in [6.07, 6.45) is 2.88. The summed E-state index contributed by atoms with van der Waals surface area (Å²) in [6.45, 7) is 3.61. The fraction of sp³-hybridized carbons (Fsp3) is 0.500. The molecule has 0 saturated heterocycles. The van der Waals surface area contributed by atoms with Gasteiger partial charge in [0.2, 0.25) is 5.91 Å². The molecular formula is C32H44N8O11. The summed E-state index contributed by atoms with van der Waals surface area (Å²) in [5.41, 5.74) is 1.96. The number of likely N-dealkylation sites (N-methyl/N-ethyl adjacent to an activating group) is 2. The van der Waals surface area contributed by atoms with Crippen LogP contribution in [0.4, 0.5) is 15.3 Å². The summed E-state index contributed by atoms with van der Waals surface area (Å²) in [7, 11) is 3.26. The number of esters is 1. The number of imide groups is 1. The van der Waals surface area contributed by atoms with Gasteiger partial charge in [0.1, 0.15) is 32.1 Å². The SMILES string of the molecule is CC(=O)N(C)CCN(C)C(=O)OCc1ccc(NCC(=O)OCCOCCn2cc(CNC(=O)OCCOCCN3C(=O)C=CC3=O)nn2)cc1. The fourth-order valence-electron chi connectivity index (χ4n) is 4.07. The van der Waals surface area contributed by atoms with Gasteiger partial charge in [-0.15, -0.1) is 5.10 Å². The molecule has 51 heavy (non-hydrogen) atoms. The van der Waals surface area contributed by atoms with Crippen molar-refractivity contribution in [2.75, 3.05) is 85.2 Å². The number of amides is 5. The van der Waals surface area contributed by atoms with Crippen LogP contribution in [-0.4, -0.2) is 145 Å². The van der Waals surface area contributed by atoms with E-state index in [0.717, 1.165) is 10.5 Å². The van der Waals surface area contributed by atoms with E-state index in [2.05, 4.69) is 20.9 Å². The predicted octanol–water partition coefficient (Wildman–Crippen LogP) is 0.165. The second-order valence-electron chi connectivity index (χ2n) is 11.0. The van der Waals surface area contributed by atoms with Gasteiger partial charge in [0.15, 0.2) is 0 Å². The monoisotopic (exact) mass is 716 g/mol. The number of carbonyl (C=O) groups excluding carboxylic acids is 6. The summed E-state index contributed by atoms with van der Waals surface area (Å²) in [5, 5.41) is 13.5. The molecule has 0 bridgehead atoms. The molecule has 1 aromatic heterocycles. The van der Waals surface area contributed by atoms with Crippen LogP contribution < -0.4 is 10.6 Å². The summed E-state index contributed by atoms with van der Waals surface area (Å²) in [4.78, 5) is 74.3. The van der Waals surface area contributed by atoms with E-state index in [0.29, 0.717) is 37.6 Å². The third kappa shape index (κ3) is 15.3. The van der Waals surface area contributed by atoms with Crippen molar-refractivity contribution in [3.63, 3.8) is 0 Å². The van der Waals surface area contributed by atoms with Gasteiger partial charge >= 0.3 is 18.2 Å². The molecule has 0 fully saturated rings. The zero-order valence-corrected chi connectivity index (χ0v) is 28.9. The molecule has 5 amide bonds. The van der Waals surface area contributed by atoms with Crippen molar-refractivity contribution >= 4 is 41.6 Å². The summed E-state index contributed by atoms with van der Waals surface area (Å²) in [5.74, 6) is -1.31. The molecule has 3 rings (SSSR count). The Kier molecular flexibility index (Phi) is 16.8. The zero-order valence-electron chi connectivity index (χ0n) is 28.9. The molecule has 0 saturated carbocycles. The van der Waals surface area contributed by atoms with E-state index < -0.39 is 18.2 Å². The first-order chi connectivity index (χ1) is 24.5. The molecule has 2 N–H and O–H groups in total. The Labute approximate surface area is 294 Å². The summed E-state index contributed by atoms with van der Waals surface area (Å²) in [6, 6.07) is 7.06. The Morgan fingerprint density at radius 2 is 1.45 bits per heavy atom. The predicted molar refractivity (Wildman–Crippen MR) is 178 cm³/mol. The Bertz CT molecular complexity index is 1480. The van der Waals surface area contributed by atoms with Crippen LogP contribution >= 0.6 is 0 Å². The lowest BCUT2D eigenvalue weighted by Gasteiger charge is -2.21. The maximum atomic E-state index is 12.2. The van der Waals surface area contributed by atoms with Crippen molar-refractivity contribution < 1.29 is 52.5 Å². The van der Waals surface area contributed by atoms with Crippen molar-refractivity contribution in [3.8, 4) is 0 Å². The van der Waals surface area contributed by atoms with Gasteiger partial charge in [-0.2, -0.15) is 0 Å². The molecule has 0 unspecified atom stereocenters. The van der Waals surface area contributed by atoms with Gasteiger partial charge in [0, 0.05) is 51.9 Å². The second kappa shape index (κ2) is 21.5. The van der Waals surface area contributed by atoms with E-state index in [1.165, 1.54) is 28.9 Å². The number of carbonyl (C=O) groups is 6. The molecule has 0 aliphatic carbocycles. The van der Waals surface area contributed by atoms with Gasteiger partial charge in [-0.3, -0.25) is 24.1 Å². The van der Waals surface area contributed by atoms with Gasteiger partial charge in [0.25, 0.3) is 11.8 Å². The van der Waals surface area contributed by atoms with Crippen molar-refractivity contribution in [1.82, 2.24) is 35.0 Å². The van der Waals surface area contributed by atoms with Crippen LogP contribution in [0, 0.1) is 0 Å². The van der Waals surface area contributed by atoms with E-state index in [-0.39, 0.29) is 77.0 Å². The molecule has 2 aromatic rings. The number of hydrogen-bond donors (Lipinski definition) is 2. The van der Waals surface area contributed by atoms with E-state index >= 15 is 0 Å². The van der Waals surface area contributed by atoms with Crippen molar-refractivity contribution in [1.29, 1.82) is 0 Å². The normalized spacial score (nSPS) is 12.1. The first kappa shape index (κ1) is 39.9. The Morgan fingerprint density at radius 1 is 0.804 bits per heavy atom. The highest BCUT2D eigenvalue weighted by molar-refractivity contribution is 6.12. The van der Waals surface area contributed by atoms with Crippen molar-refractivity contribution in [2.24, 2.45) is 0 Å². The highest BCUT2D eigenvalue weighted by Gasteiger charge is 2.22. The molecule has 2 heterocycles. The van der Waals surface area contributed by atoms with Gasteiger partial charge in [-0.1, -0.05) is 17.3 Å². The maximum Gasteiger partial charge on any atom is 0.409 e. The molecule has 1 aromatic carbocycles. The topological polar surface area (TPSA) is 213 Å². The molecule has 278 valence electrons. The third-order valence-corrected chi connectivity index (χ3v) is 7.15. The zero-order chi connectivity index (χ0) is 37.0. The Hall–Kier alpha value is -5.56. The van der Waals surface area contributed by atoms with E-state index in [1.54, 1.807) is 49.2 Å². The fourth-order valence-corrected chi connectivity index (χ4v) is 4.07. The number of nitrogens with zero attached hydrogens (tertiary/aromatic N) is 6. The standard InChI is InChI=1S/C32H44N8O11/c1-24(41)37(2)10-11-38(3)32(46)51-23-25-4-6-26(7-5-25)33-21-30(44)49-18-16-47-14-12-39-22-27(35-36-39)20-34-31(45)50-19-17-48-15-13-40-28(42)8-9-29(40)43/h4-9,22,33H,10-21,23H2,1-3H3,(H,34,45). The number of benzene rings is 1. The smallest absolute Gasteiger partial charge is 0.409 e. The maximum absolute atomic E-state index is 12.2. The van der Waals surface area contributed by atoms with Crippen LogP contribution in [0.25, 0.3) is 0 Å². The quantitative estimate of drug-likeness (QED) is 0.0720. The third-order valence-electron chi connectivity index (χ3n) is 7.15. The van der Waals surface area contributed by atoms with Crippen LogP contribution in [0.3, 0.4) is 0 Å². The van der Waals surface area contributed by atoms with E-state index in [1.807, 2.05) is 0 Å². The van der Waals surface area contributed by atoms with Gasteiger partial charge < -0.3 is 44.1 Å². The lowest BCUT2D eigenvalue weighted by atomic mass is 10.2. The van der Waals surface area contributed by atoms with Crippen LogP contribution in [0.1, 0.15) is 18.2 Å². The largest absolute Gasteiger partial charge is 0.462 e. The van der Waals surface area contributed by atoms with Gasteiger partial charge in [-0.25, -0.2) is 14.3 Å². The molecule has 19 heteroatoms. The van der Waals surface area contributed by atoms with Crippen LogP contribution in [-0.2, 0) is 62.6 Å².